The molecular formula is C15H15N5O2S. The molecule has 118 valence electrons. The zero-order valence-electron chi connectivity index (χ0n) is 12.7. The van der Waals surface area contributed by atoms with Gasteiger partial charge in [-0.15, -0.1) is 10.2 Å². The molecule has 0 aliphatic carbocycles. The second-order valence-corrected chi connectivity index (χ2v) is 6.10. The maximum absolute atomic E-state index is 12.4. The molecule has 0 aliphatic rings. The minimum Gasteiger partial charge on any atom is -0.344 e. The number of aryl methyl sites for hydroxylation is 2. The number of hydrogen-bond acceptors (Lipinski definition) is 6. The molecule has 2 aromatic heterocycles. The molecule has 0 unspecified atom stereocenters. The number of aromatic nitrogens is 4. The number of carbonyl (C=O) groups excluding carboxylic acids is 1. The number of amides is 1. The molecule has 0 fully saturated rings. The Morgan fingerprint density at radius 2 is 1.91 bits per heavy atom. The van der Waals surface area contributed by atoms with E-state index in [1.165, 1.54) is 23.1 Å². The number of carbonyl (C=O) groups is 1. The average Bonchev–Trinajstić information content (AvgIpc) is 3.04. The summed E-state index contributed by atoms with van der Waals surface area (Å²) in [6, 6.07) is 6.95. The summed E-state index contributed by atoms with van der Waals surface area (Å²) >= 11 is 1.47. The summed E-state index contributed by atoms with van der Waals surface area (Å²) in [5, 5.41) is 17.6. The molecule has 2 heterocycles. The van der Waals surface area contributed by atoms with Crippen LogP contribution >= 0.6 is 11.3 Å². The second kappa shape index (κ2) is 6.25. The topological polar surface area (TPSA) is 89.8 Å². The average molecular weight is 329 g/mol. The fraction of sp³-hybridized carbons (Fsp3) is 0.267. The van der Waals surface area contributed by atoms with Gasteiger partial charge in [-0.1, -0.05) is 36.5 Å². The third kappa shape index (κ3) is 2.98. The molecule has 3 aromatic rings. The van der Waals surface area contributed by atoms with Crippen molar-refractivity contribution in [2.24, 2.45) is 7.05 Å². The van der Waals surface area contributed by atoms with Crippen molar-refractivity contribution in [3.63, 3.8) is 0 Å². The molecule has 3 rings (SSSR count). The molecule has 0 saturated carbocycles. The maximum Gasteiger partial charge on any atom is 0.274 e. The minimum atomic E-state index is -0.343. The highest BCUT2D eigenvalue weighted by Gasteiger charge is 2.15. The van der Waals surface area contributed by atoms with Gasteiger partial charge in [0.15, 0.2) is 5.69 Å². The monoisotopic (exact) mass is 329 g/mol. The van der Waals surface area contributed by atoms with E-state index in [0.717, 1.165) is 16.4 Å². The van der Waals surface area contributed by atoms with Crippen LogP contribution < -0.4 is 10.9 Å². The summed E-state index contributed by atoms with van der Waals surface area (Å²) in [4.78, 5) is 24.5. The molecule has 7 nitrogen and oxygen atoms in total. The molecule has 0 bridgehead atoms. The van der Waals surface area contributed by atoms with Crippen LogP contribution in [0.4, 0.5) is 0 Å². The third-order valence-electron chi connectivity index (χ3n) is 3.38. The zero-order chi connectivity index (χ0) is 16.4. The standard InChI is InChI=1S/C15H15N5O2S/c1-3-11-17-18-12(23-11)8-16-14(21)13-9-6-4-5-7-10(9)15(22)20(2)19-13/h4-7H,3,8H2,1-2H3,(H,16,21). The quantitative estimate of drug-likeness (QED) is 0.779. The van der Waals surface area contributed by atoms with Crippen LogP contribution in [0.25, 0.3) is 10.8 Å². The fourth-order valence-electron chi connectivity index (χ4n) is 2.21. The summed E-state index contributed by atoms with van der Waals surface area (Å²) in [5.74, 6) is -0.343. The zero-order valence-corrected chi connectivity index (χ0v) is 13.6. The molecule has 0 atom stereocenters. The molecule has 0 radical (unpaired) electrons. The fourth-order valence-corrected chi connectivity index (χ4v) is 2.93. The lowest BCUT2D eigenvalue weighted by atomic mass is 10.1. The van der Waals surface area contributed by atoms with Crippen molar-refractivity contribution in [3.8, 4) is 0 Å². The summed E-state index contributed by atoms with van der Waals surface area (Å²) in [6.07, 6.45) is 0.818. The smallest absolute Gasteiger partial charge is 0.274 e. The predicted octanol–water partition coefficient (Wildman–Crippen LogP) is 1.28. The van der Waals surface area contributed by atoms with Crippen LogP contribution in [-0.4, -0.2) is 25.9 Å². The van der Waals surface area contributed by atoms with Gasteiger partial charge in [0.2, 0.25) is 0 Å². The van der Waals surface area contributed by atoms with Gasteiger partial charge in [-0.2, -0.15) is 5.10 Å². The van der Waals surface area contributed by atoms with E-state index in [4.69, 9.17) is 0 Å². The summed E-state index contributed by atoms with van der Waals surface area (Å²) in [5.41, 5.74) is -0.00297. The van der Waals surface area contributed by atoms with Crippen molar-refractivity contribution >= 4 is 28.0 Å². The van der Waals surface area contributed by atoms with E-state index >= 15 is 0 Å². The Morgan fingerprint density at radius 3 is 2.61 bits per heavy atom. The van der Waals surface area contributed by atoms with Crippen molar-refractivity contribution in [2.75, 3.05) is 0 Å². The van der Waals surface area contributed by atoms with Gasteiger partial charge in [-0.05, 0) is 12.5 Å². The number of fused-ring (bicyclic) bond motifs is 1. The first-order chi connectivity index (χ1) is 11.1. The molecule has 23 heavy (non-hydrogen) atoms. The molecule has 0 spiro atoms. The SMILES string of the molecule is CCc1nnc(CNC(=O)c2nn(C)c(=O)c3ccccc23)s1. The Balaban J connectivity index is 1.89. The van der Waals surface area contributed by atoms with Crippen molar-refractivity contribution in [3.05, 3.63) is 50.3 Å². The van der Waals surface area contributed by atoms with Crippen LogP contribution in [0.5, 0.6) is 0 Å². The first-order valence-corrected chi connectivity index (χ1v) is 7.97. The highest BCUT2D eigenvalue weighted by atomic mass is 32.1. The molecule has 1 aromatic carbocycles. The van der Waals surface area contributed by atoms with Gasteiger partial charge >= 0.3 is 0 Å². The first kappa shape index (κ1) is 15.3. The van der Waals surface area contributed by atoms with Crippen LogP contribution in [0.3, 0.4) is 0 Å². The van der Waals surface area contributed by atoms with Crippen LogP contribution in [-0.2, 0) is 20.0 Å². The maximum atomic E-state index is 12.4. The van der Waals surface area contributed by atoms with Gasteiger partial charge in [-0.25, -0.2) is 4.68 Å². The van der Waals surface area contributed by atoms with Gasteiger partial charge in [0.1, 0.15) is 10.0 Å². The Bertz CT molecular complexity index is 931. The number of hydrogen-bond donors (Lipinski definition) is 1. The highest BCUT2D eigenvalue weighted by Crippen LogP contribution is 2.14. The molecule has 1 amide bonds. The molecule has 0 aliphatic heterocycles. The van der Waals surface area contributed by atoms with Crippen molar-refractivity contribution in [1.29, 1.82) is 0 Å². The second-order valence-electron chi connectivity index (χ2n) is 4.95. The number of nitrogens with zero attached hydrogens (tertiary/aromatic N) is 4. The Hall–Kier alpha value is -2.61. The lowest BCUT2D eigenvalue weighted by molar-refractivity contribution is 0.0945. The van der Waals surface area contributed by atoms with Gasteiger partial charge in [0, 0.05) is 12.4 Å². The van der Waals surface area contributed by atoms with E-state index in [0.29, 0.717) is 10.8 Å². The highest BCUT2D eigenvalue weighted by molar-refractivity contribution is 7.11. The van der Waals surface area contributed by atoms with Crippen molar-refractivity contribution < 1.29 is 4.79 Å². The number of rotatable bonds is 4. The Morgan fingerprint density at radius 1 is 1.22 bits per heavy atom. The number of nitrogens with one attached hydrogen (secondary N) is 1. The Kier molecular flexibility index (Phi) is 4.16. The Labute approximate surface area is 136 Å². The lowest BCUT2D eigenvalue weighted by Gasteiger charge is -2.07. The van der Waals surface area contributed by atoms with E-state index in [9.17, 15) is 9.59 Å². The van der Waals surface area contributed by atoms with Crippen molar-refractivity contribution in [2.45, 2.75) is 19.9 Å². The normalized spacial score (nSPS) is 10.9. The van der Waals surface area contributed by atoms with E-state index in [2.05, 4.69) is 20.6 Å². The minimum absolute atomic E-state index is 0.225. The van der Waals surface area contributed by atoms with E-state index in [1.807, 2.05) is 6.92 Å². The van der Waals surface area contributed by atoms with E-state index in [-0.39, 0.29) is 23.7 Å². The summed E-state index contributed by atoms with van der Waals surface area (Å²) in [6.45, 7) is 2.29. The van der Waals surface area contributed by atoms with Crippen molar-refractivity contribution in [1.82, 2.24) is 25.3 Å². The van der Waals surface area contributed by atoms with Gasteiger partial charge in [0.05, 0.1) is 11.9 Å². The van der Waals surface area contributed by atoms with Crippen LogP contribution in [0.1, 0.15) is 27.4 Å². The van der Waals surface area contributed by atoms with Crippen LogP contribution in [0, 0.1) is 0 Å². The van der Waals surface area contributed by atoms with Gasteiger partial charge in [-0.3, -0.25) is 9.59 Å². The number of benzene rings is 1. The predicted molar refractivity (Wildman–Crippen MR) is 87.4 cm³/mol. The van der Waals surface area contributed by atoms with Crippen LogP contribution in [0.2, 0.25) is 0 Å². The largest absolute Gasteiger partial charge is 0.344 e. The summed E-state index contributed by atoms with van der Waals surface area (Å²) in [7, 11) is 1.53. The van der Waals surface area contributed by atoms with Crippen LogP contribution in [0.15, 0.2) is 29.1 Å². The lowest BCUT2D eigenvalue weighted by Crippen LogP contribution is -2.29. The molecular weight excluding hydrogens is 314 g/mol. The summed E-state index contributed by atoms with van der Waals surface area (Å²) < 4.78 is 1.18. The van der Waals surface area contributed by atoms with E-state index in [1.54, 1.807) is 24.3 Å². The third-order valence-corrected chi connectivity index (χ3v) is 4.45. The van der Waals surface area contributed by atoms with E-state index < -0.39 is 0 Å². The molecule has 1 N–H and O–H groups in total. The van der Waals surface area contributed by atoms with Gasteiger partial charge in [0.25, 0.3) is 11.5 Å². The molecule has 0 saturated heterocycles. The first-order valence-electron chi connectivity index (χ1n) is 7.15. The molecule has 8 heteroatoms. The van der Waals surface area contributed by atoms with Gasteiger partial charge < -0.3 is 5.32 Å².